The second-order valence-corrected chi connectivity index (χ2v) is 31.1. The third kappa shape index (κ3) is 29.4. The SMILES string of the molecule is CCCCCCCCCCCCCCCC(=O)OC[C@H](COP(=O)(O)O[C@@H]1C(O[C@@H]2OC(CO[C@@H]3OC(CO[C@@H]4OC(CO[C@@H]5OC(CO)[C@H](O)C(O)[C@@H]5O)[C@H](O)C(O)[C@@H]4O)[C@H](O)C(O)[C@@H]3O)[C@H](O)C(O)[C@@H]2O)C(O)[C@@H](O)C(O)[C@H]1O[C@H]1OC(CO)[C@@H](O)C(O)[C@H]1O)OC(=O)CCCCCCCCCCCCCCC. The zero-order valence-corrected chi connectivity index (χ0v) is 63.9. The third-order valence-corrected chi connectivity index (χ3v) is 21.9. The summed E-state index contributed by atoms with van der Waals surface area (Å²) < 4.78 is 92.8. The van der Waals surface area contributed by atoms with Gasteiger partial charge in [-0.25, -0.2) is 4.57 Å². The van der Waals surface area contributed by atoms with Crippen molar-refractivity contribution < 1.29 is 187 Å². The summed E-state index contributed by atoms with van der Waals surface area (Å²) in [6.45, 7) is -1.90. The van der Waals surface area contributed by atoms with Crippen molar-refractivity contribution in [2.24, 2.45) is 0 Å². The van der Waals surface area contributed by atoms with Gasteiger partial charge in [0.1, 0.15) is 165 Å². The first kappa shape index (κ1) is 96.7. The molecule has 0 spiro atoms. The molecule has 0 radical (unpaired) electrons. The number of aliphatic hydroxyl groups is 20. The lowest BCUT2D eigenvalue weighted by atomic mass is 9.84. The van der Waals surface area contributed by atoms with E-state index in [0.29, 0.717) is 19.3 Å². The fourth-order valence-corrected chi connectivity index (χ4v) is 14.9. The van der Waals surface area contributed by atoms with Crippen LogP contribution in [0.4, 0.5) is 0 Å². The Kier molecular flexibility index (Phi) is 43.9. The molecule has 5 aliphatic heterocycles. The van der Waals surface area contributed by atoms with Crippen LogP contribution in [0.25, 0.3) is 0 Å². The van der Waals surface area contributed by atoms with E-state index in [0.717, 1.165) is 64.2 Å². The number of carbonyl (C=O) groups is 2. The van der Waals surface area contributed by atoms with Crippen LogP contribution in [0.3, 0.4) is 0 Å². The summed E-state index contributed by atoms with van der Waals surface area (Å²) in [5.74, 6) is -1.47. The number of unbranched alkanes of at least 4 members (excludes halogenated alkanes) is 24. The van der Waals surface area contributed by atoms with E-state index in [4.69, 9.17) is 65.9 Å². The van der Waals surface area contributed by atoms with Crippen molar-refractivity contribution in [1.82, 2.24) is 0 Å². The van der Waals surface area contributed by atoms with Crippen LogP contribution >= 0.6 is 7.82 Å². The molecule has 39 heteroatoms. The number of rotatable bonds is 51. The van der Waals surface area contributed by atoms with Gasteiger partial charge in [-0.2, -0.15) is 0 Å². The number of phosphoric ester groups is 1. The van der Waals surface area contributed by atoms with E-state index in [1.807, 2.05) is 0 Å². The van der Waals surface area contributed by atoms with Crippen LogP contribution in [0.15, 0.2) is 0 Å². The molecule has 1 aliphatic carbocycles. The predicted molar refractivity (Wildman–Crippen MR) is 375 cm³/mol. The van der Waals surface area contributed by atoms with Gasteiger partial charge in [-0.15, -0.1) is 0 Å². The average molecular weight is 1620 g/mol. The Labute approximate surface area is 640 Å². The van der Waals surface area contributed by atoms with Crippen LogP contribution in [0.1, 0.15) is 194 Å². The van der Waals surface area contributed by atoms with E-state index in [1.54, 1.807) is 0 Å². The van der Waals surface area contributed by atoms with Crippen LogP contribution in [-0.4, -0.2) is 361 Å². The number of phosphoric acid groups is 1. The van der Waals surface area contributed by atoms with Crippen LogP contribution in [0.2, 0.25) is 0 Å². The molecule has 38 nitrogen and oxygen atoms in total. The number of esters is 2. The highest BCUT2D eigenvalue weighted by molar-refractivity contribution is 7.47. The lowest BCUT2D eigenvalue weighted by molar-refractivity contribution is -0.365. The second-order valence-electron chi connectivity index (χ2n) is 29.7. The molecule has 14 unspecified atom stereocenters. The van der Waals surface area contributed by atoms with Gasteiger partial charge in [0.2, 0.25) is 0 Å². The second kappa shape index (κ2) is 49.9. The Morgan fingerprint density at radius 1 is 0.327 bits per heavy atom. The van der Waals surface area contributed by atoms with Gasteiger partial charge in [0.25, 0.3) is 0 Å². The number of ether oxygens (including phenoxy) is 12. The van der Waals surface area contributed by atoms with Crippen LogP contribution in [0.5, 0.6) is 0 Å². The molecule has 0 aromatic carbocycles. The lowest BCUT2D eigenvalue weighted by Gasteiger charge is -2.49. The Balaban J connectivity index is 1.14. The van der Waals surface area contributed by atoms with Crippen molar-refractivity contribution in [2.75, 3.05) is 46.2 Å². The number of aliphatic hydroxyl groups excluding tert-OH is 20. The largest absolute Gasteiger partial charge is 0.472 e. The lowest BCUT2D eigenvalue weighted by Crippen LogP contribution is -2.69. The molecule has 0 amide bonds. The zero-order valence-electron chi connectivity index (χ0n) is 63.0. The number of hydrogen-bond donors (Lipinski definition) is 21. The summed E-state index contributed by atoms with van der Waals surface area (Å²) in [6, 6.07) is 0. The summed E-state index contributed by atoms with van der Waals surface area (Å²) in [5.41, 5.74) is 0. The number of carbonyl (C=O) groups excluding carboxylic acids is 2. The van der Waals surface area contributed by atoms with Gasteiger partial charge in [-0.05, 0) is 12.8 Å². The molecule has 6 aliphatic rings. The maximum Gasteiger partial charge on any atom is 0.472 e. The molecule has 5 heterocycles. The van der Waals surface area contributed by atoms with Gasteiger partial charge in [0.05, 0.1) is 39.6 Å². The maximum absolute atomic E-state index is 14.5. The van der Waals surface area contributed by atoms with Crippen LogP contribution < -0.4 is 0 Å². The standard InChI is InChI=1S/C71H129O38P/c1-3-5-7-9-11-13-15-17-19-21-23-25-27-29-44(74)96-33-38(101-45(75)30-28-26-24-22-20-18-16-14-12-10-8-6-4-2)34-100-110(94,95)109-66-64(107-70-62(92)52(82)47(77)40(32-73)103-70)57(87)56(86)58(88)65(66)108-71-63(93)55(85)50(80)43(106-71)37-99-69-61(91)54(84)49(79)42(105-69)36-98-68-60(90)53(83)48(78)41(104-68)35-97-67-59(89)51(81)46(76)39(31-72)102-67/h38-43,46-73,76-93H,3-37H2,1-2H3,(H,94,95)/t38-,39?,40?,41?,42?,43?,46+,47-,48+,49+,50+,51?,52?,53?,54?,55?,56+,57?,58?,59+,60+,61+,62-,63+,64-,65?,66+,67-,68-,69-,70-,71+/m1/s1. The molecule has 5 saturated heterocycles. The molecular weight excluding hydrogens is 1490 g/mol. The molecule has 646 valence electrons. The van der Waals surface area contributed by atoms with Crippen molar-refractivity contribution in [1.29, 1.82) is 0 Å². The minimum atomic E-state index is -5.85. The highest BCUT2D eigenvalue weighted by atomic mass is 31.2. The summed E-state index contributed by atoms with van der Waals surface area (Å²) in [5, 5.41) is 217. The first-order valence-electron chi connectivity index (χ1n) is 39.4. The predicted octanol–water partition coefficient (Wildman–Crippen LogP) is -3.15. The third-order valence-electron chi connectivity index (χ3n) is 21.0. The highest BCUT2D eigenvalue weighted by Crippen LogP contribution is 2.49. The summed E-state index contributed by atoms with van der Waals surface area (Å²) >= 11 is 0. The molecular formula is C71H129O38P. The van der Waals surface area contributed by atoms with E-state index in [2.05, 4.69) is 13.8 Å². The van der Waals surface area contributed by atoms with Gasteiger partial charge in [-0.3, -0.25) is 18.6 Å². The van der Waals surface area contributed by atoms with Crippen molar-refractivity contribution in [3.8, 4) is 0 Å². The van der Waals surface area contributed by atoms with E-state index < -0.39 is 262 Å². The number of hydrogen-bond acceptors (Lipinski definition) is 37. The minimum absolute atomic E-state index is 0.0151. The average Bonchev–Trinajstić information content (AvgIpc) is 0.754. The van der Waals surface area contributed by atoms with Crippen molar-refractivity contribution >= 4 is 19.8 Å². The van der Waals surface area contributed by atoms with Gasteiger partial charge in [0, 0.05) is 12.8 Å². The normalized spacial score (nSPS) is 38.6. The molecule has 6 fully saturated rings. The molecule has 0 bridgehead atoms. The Hall–Kier alpha value is -2.15. The van der Waals surface area contributed by atoms with Crippen molar-refractivity contribution in [3.63, 3.8) is 0 Å². The first-order valence-corrected chi connectivity index (χ1v) is 40.9. The Bertz CT molecular complexity index is 2560. The van der Waals surface area contributed by atoms with E-state index in [9.17, 15) is 121 Å². The fraction of sp³-hybridized carbons (Fsp3) is 0.972. The van der Waals surface area contributed by atoms with E-state index >= 15 is 0 Å². The van der Waals surface area contributed by atoms with E-state index in [-0.39, 0.29) is 12.8 Å². The fourth-order valence-electron chi connectivity index (χ4n) is 14.0. The van der Waals surface area contributed by atoms with Crippen LogP contribution in [-0.2, 0) is 80.0 Å². The molecule has 1 saturated carbocycles. The smallest absolute Gasteiger partial charge is 0.462 e. The molecule has 110 heavy (non-hydrogen) atoms. The topological polar surface area (TPSA) is 605 Å². The molecule has 0 aromatic heterocycles. The Morgan fingerprint density at radius 2 is 0.600 bits per heavy atom. The summed E-state index contributed by atoms with van der Waals surface area (Å²) in [4.78, 5) is 38.3. The van der Waals surface area contributed by atoms with Crippen molar-refractivity contribution in [3.05, 3.63) is 0 Å². The van der Waals surface area contributed by atoms with Crippen LogP contribution in [0, 0.1) is 0 Å². The first-order chi connectivity index (χ1) is 52.5. The molecule has 0 aromatic rings. The van der Waals surface area contributed by atoms with Gasteiger partial charge >= 0.3 is 19.8 Å². The quantitative estimate of drug-likeness (QED) is 0.0162. The maximum atomic E-state index is 14.5. The van der Waals surface area contributed by atoms with Gasteiger partial charge < -0.3 is 164 Å². The monoisotopic (exact) mass is 1620 g/mol. The molecule has 33 atom stereocenters. The summed E-state index contributed by atoms with van der Waals surface area (Å²) in [7, 11) is -5.85. The van der Waals surface area contributed by atoms with Crippen molar-refractivity contribution in [2.45, 2.75) is 390 Å². The van der Waals surface area contributed by atoms with Gasteiger partial charge in [0.15, 0.2) is 37.6 Å². The van der Waals surface area contributed by atoms with Gasteiger partial charge in [-0.1, -0.05) is 168 Å². The zero-order chi connectivity index (χ0) is 80.8. The molecule has 6 rings (SSSR count). The highest BCUT2D eigenvalue weighted by Gasteiger charge is 2.59. The van der Waals surface area contributed by atoms with E-state index in [1.165, 1.54) is 83.5 Å². The minimum Gasteiger partial charge on any atom is -0.462 e. The summed E-state index contributed by atoms with van der Waals surface area (Å²) in [6.07, 6.45) is -39.3. The molecule has 21 N–H and O–H groups in total. The Morgan fingerprint density at radius 3 is 0.936 bits per heavy atom.